The molecule has 1 atom stereocenters. The van der Waals surface area contributed by atoms with Crippen LogP contribution in [-0.4, -0.2) is 23.2 Å². The first kappa shape index (κ1) is 18.5. The molecule has 140 valence electrons. The van der Waals surface area contributed by atoms with Crippen molar-refractivity contribution >= 4 is 11.9 Å². The summed E-state index contributed by atoms with van der Waals surface area (Å²) in [6.45, 7) is 0. The van der Waals surface area contributed by atoms with E-state index in [1.54, 1.807) is 0 Å². The molecule has 0 saturated carbocycles. The Bertz CT molecular complexity index is 925. The van der Waals surface area contributed by atoms with Crippen molar-refractivity contribution in [3.8, 4) is 6.07 Å². The van der Waals surface area contributed by atoms with Crippen LogP contribution in [0.25, 0.3) is 0 Å². The second kappa shape index (κ2) is 6.79. The Morgan fingerprint density at radius 3 is 2.70 bits per heavy atom. The van der Waals surface area contributed by atoms with Crippen LogP contribution in [0.5, 0.6) is 0 Å². The fraction of sp³-hybridized carbons (Fsp3) is 0.278. The van der Waals surface area contributed by atoms with Crippen molar-refractivity contribution in [1.29, 1.82) is 5.26 Å². The van der Waals surface area contributed by atoms with Gasteiger partial charge < -0.3 is 15.2 Å². The zero-order chi connectivity index (χ0) is 19.8. The highest BCUT2D eigenvalue weighted by molar-refractivity contribution is 5.99. The first-order valence-corrected chi connectivity index (χ1v) is 7.98. The summed E-state index contributed by atoms with van der Waals surface area (Å²) >= 11 is 0. The van der Waals surface area contributed by atoms with Crippen molar-refractivity contribution in [1.82, 2.24) is 5.32 Å². The van der Waals surface area contributed by atoms with Crippen LogP contribution in [-0.2, 0) is 9.53 Å². The minimum atomic E-state index is -4.92. The van der Waals surface area contributed by atoms with E-state index in [0.717, 1.165) is 0 Å². The number of hydrogen-bond acceptors (Lipinski definition) is 5. The standard InChI is InChI=1S/C18H13F3N2O4/c19-18(20,21)16-15(27-17(25)26)13(10-4-1-3-9(7-10)8-22)14-11(23-16)5-2-6-12(14)24/h1,3-4,7,13,23H,2,5-6H2,(H,25,26)/t13-/m0/s1. The molecule has 27 heavy (non-hydrogen) atoms. The Labute approximate surface area is 151 Å². The number of Topliss-reactive ketones (excluding diaryl/α,β-unsaturated/α-hetero) is 1. The van der Waals surface area contributed by atoms with E-state index in [1.165, 1.54) is 24.3 Å². The monoisotopic (exact) mass is 378 g/mol. The number of halogens is 3. The molecule has 9 heteroatoms. The zero-order valence-corrected chi connectivity index (χ0v) is 13.8. The number of ether oxygens (including phenoxy) is 1. The van der Waals surface area contributed by atoms with E-state index in [-0.39, 0.29) is 41.0 Å². The van der Waals surface area contributed by atoms with Gasteiger partial charge in [0, 0.05) is 17.7 Å². The lowest BCUT2D eigenvalue weighted by atomic mass is 9.78. The lowest BCUT2D eigenvalue weighted by Crippen LogP contribution is -2.38. The number of rotatable bonds is 2. The average Bonchev–Trinajstić information content (AvgIpc) is 2.60. The number of ketones is 1. The van der Waals surface area contributed by atoms with Gasteiger partial charge in [0.1, 0.15) is 0 Å². The van der Waals surface area contributed by atoms with Crippen molar-refractivity contribution in [2.75, 3.05) is 0 Å². The van der Waals surface area contributed by atoms with E-state index in [0.29, 0.717) is 6.42 Å². The van der Waals surface area contributed by atoms with Crippen molar-refractivity contribution in [2.45, 2.75) is 31.4 Å². The Kier molecular flexibility index (Phi) is 4.66. The summed E-state index contributed by atoms with van der Waals surface area (Å²) in [6.07, 6.45) is -6.11. The van der Waals surface area contributed by atoms with Crippen molar-refractivity contribution in [3.05, 3.63) is 58.1 Å². The number of hydrogen-bond donors (Lipinski definition) is 2. The molecule has 0 unspecified atom stereocenters. The molecule has 3 rings (SSSR count). The van der Waals surface area contributed by atoms with Crippen LogP contribution in [0.15, 0.2) is 47.0 Å². The third-order valence-electron chi connectivity index (χ3n) is 4.36. The highest BCUT2D eigenvalue weighted by atomic mass is 19.4. The minimum Gasteiger partial charge on any atom is -0.449 e. The van der Waals surface area contributed by atoms with Crippen LogP contribution in [0.2, 0.25) is 0 Å². The largest absolute Gasteiger partial charge is 0.511 e. The number of benzene rings is 1. The van der Waals surface area contributed by atoms with Gasteiger partial charge in [0.05, 0.1) is 17.6 Å². The van der Waals surface area contributed by atoms with Gasteiger partial charge in [0.25, 0.3) is 0 Å². The predicted octanol–water partition coefficient (Wildman–Crippen LogP) is 3.72. The van der Waals surface area contributed by atoms with Crippen LogP contribution >= 0.6 is 0 Å². The lowest BCUT2D eigenvalue weighted by Gasteiger charge is -2.35. The Hall–Kier alpha value is -3.28. The van der Waals surface area contributed by atoms with E-state index < -0.39 is 29.7 Å². The Balaban J connectivity index is 2.27. The third-order valence-corrected chi connectivity index (χ3v) is 4.36. The number of nitrogens with zero attached hydrogens (tertiary/aromatic N) is 1. The van der Waals surface area contributed by atoms with Crippen molar-refractivity contribution in [2.24, 2.45) is 0 Å². The fourth-order valence-electron chi connectivity index (χ4n) is 3.34. The number of dihydropyridines is 1. The molecule has 1 aromatic rings. The number of nitriles is 1. The molecule has 0 bridgehead atoms. The van der Waals surface area contributed by atoms with E-state index in [4.69, 9.17) is 10.4 Å². The molecule has 2 aliphatic rings. The van der Waals surface area contributed by atoms with E-state index in [9.17, 15) is 22.8 Å². The minimum absolute atomic E-state index is 0.0422. The summed E-state index contributed by atoms with van der Waals surface area (Å²) in [5.74, 6) is -2.67. The average molecular weight is 378 g/mol. The first-order valence-electron chi connectivity index (χ1n) is 7.98. The molecule has 1 aliphatic heterocycles. The molecule has 2 N–H and O–H groups in total. The molecular weight excluding hydrogens is 365 g/mol. The van der Waals surface area contributed by atoms with Gasteiger partial charge in [-0.2, -0.15) is 18.4 Å². The molecule has 0 aromatic heterocycles. The first-order chi connectivity index (χ1) is 12.7. The van der Waals surface area contributed by atoms with Gasteiger partial charge in [0.2, 0.25) is 0 Å². The maximum atomic E-state index is 13.6. The summed E-state index contributed by atoms with van der Waals surface area (Å²) < 4.78 is 45.2. The normalized spacial score (nSPS) is 19.9. The maximum absolute atomic E-state index is 13.6. The number of nitrogens with one attached hydrogen (secondary N) is 1. The molecule has 6 nitrogen and oxygen atoms in total. The lowest BCUT2D eigenvalue weighted by molar-refractivity contribution is -0.117. The summed E-state index contributed by atoms with van der Waals surface area (Å²) in [6, 6.07) is 7.54. The highest BCUT2D eigenvalue weighted by Gasteiger charge is 2.47. The van der Waals surface area contributed by atoms with Crippen LogP contribution in [0.1, 0.15) is 36.3 Å². The molecule has 0 radical (unpaired) electrons. The van der Waals surface area contributed by atoms with Crippen LogP contribution in [0, 0.1) is 11.3 Å². The topological polar surface area (TPSA) is 99.4 Å². The van der Waals surface area contributed by atoms with Crippen molar-refractivity contribution < 1.29 is 32.6 Å². The quantitative estimate of drug-likeness (QED) is 0.761. The maximum Gasteiger partial charge on any atom is 0.511 e. The Morgan fingerprint density at radius 1 is 1.33 bits per heavy atom. The van der Waals surface area contributed by atoms with Gasteiger partial charge in [-0.05, 0) is 30.5 Å². The van der Waals surface area contributed by atoms with Gasteiger partial charge in [-0.1, -0.05) is 12.1 Å². The number of carbonyl (C=O) groups excluding carboxylic acids is 1. The van der Waals surface area contributed by atoms with Gasteiger partial charge in [-0.15, -0.1) is 0 Å². The van der Waals surface area contributed by atoms with Crippen LogP contribution in [0.3, 0.4) is 0 Å². The summed E-state index contributed by atoms with van der Waals surface area (Å²) in [4.78, 5) is 23.6. The van der Waals surface area contributed by atoms with Gasteiger partial charge in [0.15, 0.2) is 17.2 Å². The number of allylic oxidation sites excluding steroid dienone is 3. The second-order valence-electron chi connectivity index (χ2n) is 6.07. The Morgan fingerprint density at radius 2 is 2.07 bits per heavy atom. The number of alkyl halides is 3. The molecule has 0 saturated heterocycles. The van der Waals surface area contributed by atoms with Crippen LogP contribution in [0.4, 0.5) is 18.0 Å². The highest BCUT2D eigenvalue weighted by Crippen LogP contribution is 2.45. The van der Waals surface area contributed by atoms with E-state index in [2.05, 4.69) is 10.1 Å². The summed E-state index contributed by atoms with van der Waals surface area (Å²) in [5.41, 5.74) is -0.869. The summed E-state index contributed by atoms with van der Waals surface area (Å²) in [7, 11) is 0. The number of carbonyl (C=O) groups is 2. The van der Waals surface area contributed by atoms with E-state index in [1.807, 2.05) is 6.07 Å². The third kappa shape index (κ3) is 3.51. The predicted molar refractivity (Wildman–Crippen MR) is 85.1 cm³/mol. The molecule has 0 spiro atoms. The van der Waals surface area contributed by atoms with Crippen LogP contribution < -0.4 is 5.32 Å². The molecule has 1 heterocycles. The summed E-state index contributed by atoms with van der Waals surface area (Å²) in [5, 5.41) is 20.2. The second-order valence-corrected chi connectivity index (χ2v) is 6.07. The SMILES string of the molecule is N#Cc1cccc([C@@H]2C(OC(=O)O)=C(C(F)(F)F)NC3=C2C(=O)CCC3)c1. The van der Waals surface area contributed by atoms with Gasteiger partial charge >= 0.3 is 12.3 Å². The van der Waals surface area contributed by atoms with Crippen molar-refractivity contribution in [3.63, 3.8) is 0 Å². The molecule has 1 aliphatic carbocycles. The van der Waals surface area contributed by atoms with Gasteiger partial charge in [-0.3, -0.25) is 4.79 Å². The molecule has 1 aromatic carbocycles. The smallest absolute Gasteiger partial charge is 0.449 e. The van der Waals surface area contributed by atoms with E-state index >= 15 is 0 Å². The molecular formula is C18H13F3N2O4. The zero-order valence-electron chi connectivity index (χ0n) is 13.8. The molecule has 0 amide bonds. The molecule has 0 fully saturated rings. The fourth-order valence-corrected chi connectivity index (χ4v) is 3.34. The number of carboxylic acid groups (broad SMARTS) is 1. The van der Waals surface area contributed by atoms with Gasteiger partial charge in [-0.25, -0.2) is 4.79 Å².